The maximum absolute atomic E-state index is 10.7. The Morgan fingerprint density at radius 1 is 1.00 bits per heavy atom. The normalized spacial score (nSPS) is 18.4. The van der Waals surface area contributed by atoms with Crippen molar-refractivity contribution in [1.29, 1.82) is 0 Å². The van der Waals surface area contributed by atoms with Gasteiger partial charge in [-0.15, -0.1) is 0 Å². The van der Waals surface area contributed by atoms with Crippen molar-refractivity contribution < 1.29 is 5.11 Å². The van der Waals surface area contributed by atoms with Gasteiger partial charge in [-0.1, -0.05) is 48.0 Å². The molecule has 1 atom stereocenters. The SMILES string of the molecule is CC(C)(C)c1cc([C@@H](N)C2CCC2)cc(C(C)(C)C)c1O. The van der Waals surface area contributed by atoms with Gasteiger partial charge in [-0.05, 0) is 58.4 Å². The molecule has 0 unspecified atom stereocenters. The molecule has 21 heavy (non-hydrogen) atoms. The number of phenols is 1. The first kappa shape index (κ1) is 16.4. The van der Waals surface area contributed by atoms with Gasteiger partial charge < -0.3 is 10.8 Å². The van der Waals surface area contributed by atoms with Crippen LogP contribution in [0.1, 0.15) is 83.5 Å². The van der Waals surface area contributed by atoms with Crippen molar-refractivity contribution in [1.82, 2.24) is 0 Å². The molecule has 2 heteroatoms. The summed E-state index contributed by atoms with van der Waals surface area (Å²) in [6, 6.07) is 4.36. The zero-order chi connectivity index (χ0) is 16.0. The Balaban J connectivity index is 2.56. The molecule has 0 amide bonds. The van der Waals surface area contributed by atoms with E-state index in [0.717, 1.165) is 11.1 Å². The van der Waals surface area contributed by atoms with Crippen molar-refractivity contribution in [3.8, 4) is 5.75 Å². The molecule has 1 aliphatic carbocycles. The lowest BCUT2D eigenvalue weighted by atomic mass is 9.73. The Labute approximate surface area is 129 Å². The molecular weight excluding hydrogens is 258 g/mol. The summed E-state index contributed by atoms with van der Waals surface area (Å²) in [5, 5.41) is 10.7. The van der Waals surface area contributed by atoms with Crippen LogP contribution in [-0.2, 0) is 10.8 Å². The fraction of sp³-hybridized carbons (Fsp3) is 0.684. The smallest absolute Gasteiger partial charge is 0.123 e. The van der Waals surface area contributed by atoms with Gasteiger partial charge >= 0.3 is 0 Å². The highest BCUT2D eigenvalue weighted by Crippen LogP contribution is 2.43. The lowest BCUT2D eigenvalue weighted by molar-refractivity contribution is 0.263. The van der Waals surface area contributed by atoms with E-state index in [2.05, 4.69) is 53.7 Å². The molecule has 118 valence electrons. The van der Waals surface area contributed by atoms with Gasteiger partial charge in [0.15, 0.2) is 0 Å². The van der Waals surface area contributed by atoms with Crippen LogP contribution in [-0.4, -0.2) is 5.11 Å². The highest BCUT2D eigenvalue weighted by Gasteiger charge is 2.31. The Bertz CT molecular complexity index is 480. The molecule has 1 aromatic rings. The number of hydrogen-bond acceptors (Lipinski definition) is 2. The van der Waals surface area contributed by atoms with Gasteiger partial charge in [0, 0.05) is 6.04 Å². The summed E-state index contributed by atoms with van der Waals surface area (Å²) in [7, 11) is 0. The Kier molecular flexibility index (Phi) is 4.14. The van der Waals surface area contributed by atoms with Crippen LogP contribution in [0.15, 0.2) is 12.1 Å². The van der Waals surface area contributed by atoms with Crippen LogP contribution in [0.4, 0.5) is 0 Å². The molecule has 0 aliphatic heterocycles. The largest absolute Gasteiger partial charge is 0.507 e. The van der Waals surface area contributed by atoms with Gasteiger partial charge in [0.2, 0.25) is 0 Å². The van der Waals surface area contributed by atoms with Crippen molar-refractivity contribution in [2.75, 3.05) is 0 Å². The van der Waals surface area contributed by atoms with Gasteiger partial charge in [0.05, 0.1) is 0 Å². The molecule has 1 saturated carbocycles. The van der Waals surface area contributed by atoms with Crippen molar-refractivity contribution in [2.45, 2.75) is 77.7 Å². The maximum Gasteiger partial charge on any atom is 0.123 e. The van der Waals surface area contributed by atoms with E-state index >= 15 is 0 Å². The van der Waals surface area contributed by atoms with E-state index in [0.29, 0.717) is 11.7 Å². The number of aromatic hydroxyl groups is 1. The molecule has 0 bridgehead atoms. The quantitative estimate of drug-likeness (QED) is 0.822. The predicted octanol–water partition coefficient (Wildman–Crippen LogP) is 4.79. The Morgan fingerprint density at radius 2 is 1.43 bits per heavy atom. The number of hydrogen-bond donors (Lipinski definition) is 2. The molecule has 1 aliphatic rings. The molecule has 0 saturated heterocycles. The Hall–Kier alpha value is -1.02. The first-order chi connectivity index (χ1) is 9.51. The topological polar surface area (TPSA) is 46.2 Å². The van der Waals surface area contributed by atoms with Crippen LogP contribution in [0.2, 0.25) is 0 Å². The summed E-state index contributed by atoms with van der Waals surface area (Å²) in [5.74, 6) is 1.05. The van der Waals surface area contributed by atoms with Crippen LogP contribution in [0.3, 0.4) is 0 Å². The number of phenolic OH excluding ortho intramolecular Hbond substituents is 1. The Morgan fingerprint density at radius 3 is 1.71 bits per heavy atom. The third-order valence-corrected chi connectivity index (χ3v) is 4.79. The van der Waals surface area contributed by atoms with E-state index in [9.17, 15) is 5.11 Å². The third-order valence-electron chi connectivity index (χ3n) is 4.79. The molecule has 1 aromatic carbocycles. The zero-order valence-corrected chi connectivity index (χ0v) is 14.5. The average Bonchev–Trinajstić information content (AvgIpc) is 2.23. The fourth-order valence-corrected chi connectivity index (χ4v) is 3.06. The summed E-state index contributed by atoms with van der Waals surface area (Å²) < 4.78 is 0. The minimum Gasteiger partial charge on any atom is -0.507 e. The van der Waals surface area contributed by atoms with Crippen molar-refractivity contribution in [3.63, 3.8) is 0 Å². The highest BCUT2D eigenvalue weighted by atomic mass is 16.3. The molecule has 0 heterocycles. The van der Waals surface area contributed by atoms with Crippen LogP contribution in [0.25, 0.3) is 0 Å². The number of benzene rings is 1. The van der Waals surface area contributed by atoms with E-state index in [1.165, 1.54) is 24.8 Å². The van der Waals surface area contributed by atoms with E-state index in [-0.39, 0.29) is 16.9 Å². The fourth-order valence-electron chi connectivity index (χ4n) is 3.06. The van der Waals surface area contributed by atoms with E-state index in [4.69, 9.17) is 5.73 Å². The molecule has 0 spiro atoms. The summed E-state index contributed by atoms with van der Waals surface area (Å²) >= 11 is 0. The molecule has 1 fully saturated rings. The van der Waals surface area contributed by atoms with Gasteiger partial charge in [-0.25, -0.2) is 0 Å². The zero-order valence-electron chi connectivity index (χ0n) is 14.5. The van der Waals surface area contributed by atoms with Gasteiger partial charge in [-0.2, -0.15) is 0 Å². The van der Waals surface area contributed by atoms with Gasteiger partial charge in [0.25, 0.3) is 0 Å². The third kappa shape index (κ3) is 3.26. The molecule has 0 radical (unpaired) electrons. The summed E-state index contributed by atoms with van der Waals surface area (Å²) in [5.41, 5.74) is 9.54. The van der Waals surface area contributed by atoms with Crippen molar-refractivity contribution in [2.24, 2.45) is 11.7 Å². The van der Waals surface area contributed by atoms with Crippen molar-refractivity contribution >= 4 is 0 Å². The molecular formula is C19H31NO. The minimum absolute atomic E-state index is 0.0839. The second-order valence-electron chi connectivity index (χ2n) is 8.68. The predicted molar refractivity (Wildman–Crippen MR) is 89.8 cm³/mol. The second kappa shape index (κ2) is 5.31. The average molecular weight is 289 g/mol. The lowest BCUT2D eigenvalue weighted by Crippen LogP contribution is -2.28. The van der Waals surface area contributed by atoms with Crippen LogP contribution in [0, 0.1) is 5.92 Å². The molecule has 3 N–H and O–H groups in total. The minimum atomic E-state index is -0.0839. The van der Waals surface area contributed by atoms with E-state index in [1.807, 2.05) is 0 Å². The summed E-state index contributed by atoms with van der Waals surface area (Å²) in [6.07, 6.45) is 3.77. The summed E-state index contributed by atoms with van der Waals surface area (Å²) in [6.45, 7) is 12.9. The summed E-state index contributed by atoms with van der Waals surface area (Å²) in [4.78, 5) is 0. The van der Waals surface area contributed by atoms with Gasteiger partial charge in [-0.3, -0.25) is 0 Å². The standard InChI is InChI=1S/C19H31NO/c1-18(2,3)14-10-13(16(20)12-8-7-9-12)11-15(17(14)21)19(4,5)6/h10-12,16,21H,7-9,20H2,1-6H3/t16-/m0/s1. The lowest BCUT2D eigenvalue weighted by Gasteiger charge is -2.34. The molecule has 2 nitrogen and oxygen atoms in total. The van der Waals surface area contributed by atoms with Crippen LogP contribution in [0.5, 0.6) is 5.75 Å². The molecule has 2 rings (SSSR count). The first-order valence-electron chi connectivity index (χ1n) is 8.15. The van der Waals surface area contributed by atoms with Crippen LogP contribution >= 0.6 is 0 Å². The highest BCUT2D eigenvalue weighted by molar-refractivity contribution is 5.50. The van der Waals surface area contributed by atoms with E-state index < -0.39 is 0 Å². The molecule has 0 aromatic heterocycles. The van der Waals surface area contributed by atoms with Gasteiger partial charge in [0.1, 0.15) is 5.75 Å². The van der Waals surface area contributed by atoms with E-state index in [1.54, 1.807) is 0 Å². The maximum atomic E-state index is 10.7. The second-order valence-corrected chi connectivity index (χ2v) is 8.68. The number of nitrogens with two attached hydrogens (primary N) is 1. The van der Waals surface area contributed by atoms with Crippen LogP contribution < -0.4 is 5.73 Å². The first-order valence-corrected chi connectivity index (χ1v) is 8.15. The monoisotopic (exact) mass is 289 g/mol. The number of rotatable bonds is 2. The van der Waals surface area contributed by atoms with Crippen molar-refractivity contribution in [3.05, 3.63) is 28.8 Å².